The first kappa shape index (κ1) is 9.41. The molecule has 3 heteroatoms. The minimum Gasteiger partial charge on any atom is -0.645 e. The second-order valence-electron chi connectivity index (χ2n) is 2.28. The van der Waals surface area contributed by atoms with Crippen LogP contribution in [0.3, 0.4) is 0 Å². The number of benzene rings is 1. The van der Waals surface area contributed by atoms with Gasteiger partial charge in [0.1, 0.15) is 0 Å². The van der Waals surface area contributed by atoms with Gasteiger partial charge in [0.05, 0.1) is 5.91 Å². The van der Waals surface area contributed by atoms with Crippen LogP contribution in [0.2, 0.25) is 0 Å². The van der Waals surface area contributed by atoms with Gasteiger partial charge >= 0.3 is 51.4 Å². The van der Waals surface area contributed by atoms with E-state index in [1.54, 1.807) is 0 Å². The number of rotatable bonds is 0. The summed E-state index contributed by atoms with van der Waals surface area (Å²) in [4.78, 5) is 10.9. The molecular formula is C8H6KNO. The van der Waals surface area contributed by atoms with Crippen LogP contribution in [-0.2, 0) is 6.54 Å². The van der Waals surface area contributed by atoms with Crippen molar-refractivity contribution in [2.45, 2.75) is 6.54 Å². The van der Waals surface area contributed by atoms with Gasteiger partial charge in [0.25, 0.3) is 0 Å². The molecule has 1 aromatic carbocycles. The van der Waals surface area contributed by atoms with Gasteiger partial charge in [-0.15, -0.1) is 6.54 Å². The molecule has 1 heterocycles. The molecule has 11 heavy (non-hydrogen) atoms. The van der Waals surface area contributed by atoms with E-state index in [1.165, 1.54) is 0 Å². The molecule has 0 fully saturated rings. The minimum atomic E-state index is -0.0735. The van der Waals surface area contributed by atoms with Crippen molar-refractivity contribution in [2.75, 3.05) is 0 Å². The Bertz CT molecular complexity index is 285. The monoisotopic (exact) mass is 171 g/mol. The van der Waals surface area contributed by atoms with Gasteiger partial charge in [0, 0.05) is 5.56 Å². The Hall–Kier alpha value is 0.326. The molecule has 0 bridgehead atoms. The molecule has 0 aromatic heterocycles. The molecule has 1 amide bonds. The maximum absolute atomic E-state index is 10.9. The molecule has 0 saturated carbocycles. The van der Waals surface area contributed by atoms with Crippen LogP contribution in [0.1, 0.15) is 15.9 Å². The fraction of sp³-hybridized carbons (Fsp3) is 0.125. The van der Waals surface area contributed by atoms with Crippen molar-refractivity contribution in [3.8, 4) is 0 Å². The van der Waals surface area contributed by atoms with E-state index in [2.05, 4.69) is 5.32 Å². The summed E-state index contributed by atoms with van der Waals surface area (Å²) in [5.74, 6) is -0.0735. The van der Waals surface area contributed by atoms with Gasteiger partial charge in [-0.2, -0.15) is 0 Å². The van der Waals surface area contributed by atoms with Crippen LogP contribution in [0, 0.1) is 0 Å². The van der Waals surface area contributed by atoms with Gasteiger partial charge in [-0.25, -0.2) is 0 Å². The average Bonchev–Trinajstić information content (AvgIpc) is 2.34. The summed E-state index contributed by atoms with van der Waals surface area (Å²) in [7, 11) is 0. The Morgan fingerprint density at radius 2 is 2.00 bits per heavy atom. The summed E-state index contributed by atoms with van der Waals surface area (Å²) >= 11 is 0. The predicted octanol–water partition coefficient (Wildman–Crippen LogP) is -1.28. The maximum Gasteiger partial charge on any atom is 1.00 e. The molecule has 1 aliphatic rings. The van der Waals surface area contributed by atoms with E-state index in [0.29, 0.717) is 6.54 Å². The van der Waals surface area contributed by atoms with Crippen LogP contribution in [0.25, 0.3) is 5.32 Å². The van der Waals surface area contributed by atoms with Gasteiger partial charge in [-0.3, -0.25) is 0 Å². The molecule has 50 valence electrons. The van der Waals surface area contributed by atoms with E-state index < -0.39 is 0 Å². The zero-order chi connectivity index (χ0) is 6.97. The molecule has 0 radical (unpaired) electrons. The van der Waals surface area contributed by atoms with E-state index in [0.717, 1.165) is 11.1 Å². The van der Waals surface area contributed by atoms with Gasteiger partial charge in [-0.05, 0) is 0 Å². The molecule has 0 spiro atoms. The Kier molecular flexibility index (Phi) is 3.27. The third-order valence-electron chi connectivity index (χ3n) is 1.64. The van der Waals surface area contributed by atoms with Crippen molar-refractivity contribution in [1.29, 1.82) is 0 Å². The molecule has 0 unspecified atom stereocenters. The molecular weight excluding hydrogens is 165 g/mol. The normalized spacial score (nSPS) is 13.3. The van der Waals surface area contributed by atoms with E-state index in [4.69, 9.17) is 0 Å². The first-order valence-electron chi connectivity index (χ1n) is 3.17. The smallest absolute Gasteiger partial charge is 0.645 e. The zero-order valence-corrected chi connectivity index (χ0v) is 9.50. The number of hydrogen-bond donors (Lipinski definition) is 0. The molecule has 1 aromatic rings. The minimum absolute atomic E-state index is 0. The Morgan fingerprint density at radius 1 is 1.27 bits per heavy atom. The van der Waals surface area contributed by atoms with Crippen molar-refractivity contribution in [3.63, 3.8) is 0 Å². The Balaban J connectivity index is 0.000000605. The summed E-state index contributed by atoms with van der Waals surface area (Å²) in [6, 6.07) is 7.53. The van der Waals surface area contributed by atoms with Crippen LogP contribution in [-0.4, -0.2) is 5.91 Å². The SMILES string of the molecule is O=C1[N-]Cc2ccccc21.[K+]. The fourth-order valence-electron chi connectivity index (χ4n) is 1.11. The van der Waals surface area contributed by atoms with E-state index in [9.17, 15) is 4.79 Å². The average molecular weight is 171 g/mol. The Morgan fingerprint density at radius 3 is 2.73 bits per heavy atom. The number of fused-ring (bicyclic) bond motifs is 1. The first-order valence-corrected chi connectivity index (χ1v) is 3.17. The van der Waals surface area contributed by atoms with Crippen LogP contribution >= 0.6 is 0 Å². The molecule has 0 aliphatic carbocycles. The molecule has 2 nitrogen and oxygen atoms in total. The number of amides is 1. The zero-order valence-electron chi connectivity index (χ0n) is 6.37. The largest absolute Gasteiger partial charge is 1.00 e. The van der Waals surface area contributed by atoms with Crippen LogP contribution < -0.4 is 51.4 Å². The molecule has 0 saturated heterocycles. The van der Waals surface area contributed by atoms with Crippen LogP contribution in [0.5, 0.6) is 0 Å². The fourth-order valence-corrected chi connectivity index (χ4v) is 1.11. The third kappa shape index (κ3) is 1.73. The number of nitrogens with zero attached hydrogens (tertiary/aromatic N) is 1. The molecule has 2 rings (SSSR count). The number of carbonyl (C=O) groups is 1. The van der Waals surface area contributed by atoms with Crippen molar-refractivity contribution >= 4 is 5.91 Å². The van der Waals surface area contributed by atoms with Crippen LogP contribution in [0.4, 0.5) is 0 Å². The van der Waals surface area contributed by atoms with E-state index in [1.807, 2.05) is 24.3 Å². The number of carbonyl (C=O) groups excluding carboxylic acids is 1. The Labute approximate surface area is 108 Å². The van der Waals surface area contributed by atoms with Crippen molar-refractivity contribution in [3.05, 3.63) is 40.7 Å². The second-order valence-corrected chi connectivity index (χ2v) is 2.28. The van der Waals surface area contributed by atoms with Crippen molar-refractivity contribution < 1.29 is 56.2 Å². The summed E-state index contributed by atoms with van der Waals surface area (Å²) < 4.78 is 0. The van der Waals surface area contributed by atoms with E-state index >= 15 is 0 Å². The topological polar surface area (TPSA) is 31.2 Å². The first-order chi connectivity index (χ1) is 4.88. The second kappa shape index (κ2) is 3.82. The van der Waals surface area contributed by atoms with Crippen LogP contribution in [0.15, 0.2) is 24.3 Å². The van der Waals surface area contributed by atoms with Gasteiger partial charge < -0.3 is 10.1 Å². The third-order valence-corrected chi connectivity index (χ3v) is 1.64. The maximum atomic E-state index is 10.9. The van der Waals surface area contributed by atoms with Gasteiger partial charge in [0.15, 0.2) is 0 Å². The summed E-state index contributed by atoms with van der Waals surface area (Å²) in [5, 5.41) is 3.77. The van der Waals surface area contributed by atoms with Gasteiger partial charge in [-0.1, -0.05) is 29.8 Å². The van der Waals surface area contributed by atoms with E-state index in [-0.39, 0.29) is 57.3 Å². The predicted molar refractivity (Wildman–Crippen MR) is 37.8 cm³/mol. The van der Waals surface area contributed by atoms with Gasteiger partial charge in [0.2, 0.25) is 0 Å². The standard InChI is InChI=1S/C8H7NO.K/c10-8-7-4-2-1-3-6(7)5-9-8;/h1-4H,5H2,(H,9,10);/q;+1/p-1. The van der Waals surface area contributed by atoms with Crippen molar-refractivity contribution in [1.82, 2.24) is 0 Å². The summed E-state index contributed by atoms with van der Waals surface area (Å²) in [6.45, 7) is 0.564. The molecule has 0 N–H and O–H groups in total. The molecule has 0 atom stereocenters. The summed E-state index contributed by atoms with van der Waals surface area (Å²) in [5.41, 5.74) is 1.81. The molecule has 1 aliphatic heterocycles. The summed E-state index contributed by atoms with van der Waals surface area (Å²) in [6.07, 6.45) is 0. The number of hydrogen-bond acceptors (Lipinski definition) is 1. The quantitative estimate of drug-likeness (QED) is 0.447. The van der Waals surface area contributed by atoms with Crippen molar-refractivity contribution in [2.24, 2.45) is 0 Å².